The number of rotatable bonds is 9. The molecule has 1 N–H and O–H groups in total. The minimum absolute atomic E-state index is 0.121. The van der Waals surface area contributed by atoms with Crippen molar-refractivity contribution in [2.45, 2.75) is 31.2 Å². The number of nitrogens with one attached hydrogen (secondary N) is 1. The number of benzene rings is 3. The summed E-state index contributed by atoms with van der Waals surface area (Å²) in [6.45, 7) is 6.36. The Morgan fingerprint density at radius 1 is 1.05 bits per heavy atom. The number of fused-ring (bicyclic) bond motifs is 1. The maximum absolute atomic E-state index is 14.1. The molecule has 0 saturated carbocycles. The zero-order valence-corrected chi connectivity index (χ0v) is 22.4. The summed E-state index contributed by atoms with van der Waals surface area (Å²) in [5.41, 5.74) is 3.14. The number of nitrogens with zero attached hydrogens (tertiary/aromatic N) is 2. The maximum Gasteiger partial charge on any atom is 0.266 e. The summed E-state index contributed by atoms with van der Waals surface area (Å²) in [6.07, 6.45) is 0. The van der Waals surface area contributed by atoms with Crippen molar-refractivity contribution in [2.24, 2.45) is 0 Å². The normalized spacial score (nSPS) is 11.9. The van der Waals surface area contributed by atoms with Crippen LogP contribution < -0.4 is 10.9 Å². The Hall–Kier alpha value is -3.82. The number of Topliss-reactive ketones (excluding diaryl/α,β-unsaturated/α-hetero) is 1. The standard InChI is InChI=1S/C29H28FN3O4S/c1-17-8-9-20(14-18(17)2)26(34)19(3)38-29-32-25-15-21(27(35)31-12-13-37-4)10-11-24(25)28(36)33(29)23-7-5-6-22(30)16-23/h5-11,14-16,19H,12-13H2,1-4H3,(H,31,35). The number of carbonyl (C=O) groups excluding carboxylic acids is 2. The van der Waals surface area contributed by atoms with E-state index in [9.17, 15) is 18.8 Å². The van der Waals surface area contributed by atoms with Crippen LogP contribution in [0.5, 0.6) is 0 Å². The third-order valence-corrected chi connectivity index (χ3v) is 7.25. The van der Waals surface area contributed by atoms with E-state index in [2.05, 4.69) is 10.3 Å². The van der Waals surface area contributed by atoms with E-state index in [0.29, 0.717) is 35.5 Å². The Morgan fingerprint density at radius 2 is 1.82 bits per heavy atom. The Kier molecular flexibility index (Phi) is 8.38. The Morgan fingerprint density at radius 3 is 2.53 bits per heavy atom. The average Bonchev–Trinajstić information content (AvgIpc) is 2.89. The van der Waals surface area contributed by atoms with Gasteiger partial charge in [-0.05, 0) is 74.4 Å². The number of aromatic nitrogens is 2. The zero-order valence-electron chi connectivity index (χ0n) is 21.6. The van der Waals surface area contributed by atoms with Gasteiger partial charge in [0.1, 0.15) is 5.82 Å². The number of thioether (sulfide) groups is 1. The van der Waals surface area contributed by atoms with Gasteiger partial charge in [0, 0.05) is 24.8 Å². The fourth-order valence-corrected chi connectivity index (χ4v) is 4.94. The molecule has 7 nitrogen and oxygen atoms in total. The van der Waals surface area contributed by atoms with Crippen molar-refractivity contribution in [3.63, 3.8) is 0 Å². The monoisotopic (exact) mass is 533 g/mol. The second-order valence-corrected chi connectivity index (χ2v) is 10.2. The van der Waals surface area contributed by atoms with Crippen LogP contribution in [-0.2, 0) is 4.74 Å². The van der Waals surface area contributed by atoms with Crippen LogP contribution in [0.1, 0.15) is 38.8 Å². The van der Waals surface area contributed by atoms with Gasteiger partial charge in [0.05, 0.1) is 28.4 Å². The molecule has 0 fully saturated rings. The lowest BCUT2D eigenvalue weighted by molar-refractivity contribution is 0.0936. The van der Waals surface area contributed by atoms with Crippen molar-refractivity contribution in [1.82, 2.24) is 14.9 Å². The number of halogens is 1. The van der Waals surface area contributed by atoms with Crippen LogP contribution in [0.4, 0.5) is 4.39 Å². The molecule has 0 radical (unpaired) electrons. The lowest BCUT2D eigenvalue weighted by Gasteiger charge is -2.17. The van der Waals surface area contributed by atoms with Gasteiger partial charge < -0.3 is 10.1 Å². The van der Waals surface area contributed by atoms with Gasteiger partial charge in [-0.15, -0.1) is 0 Å². The molecular formula is C29H28FN3O4S. The highest BCUT2D eigenvalue weighted by Crippen LogP contribution is 2.28. The number of aryl methyl sites for hydroxylation is 2. The molecule has 4 rings (SSSR count). The van der Waals surface area contributed by atoms with E-state index >= 15 is 0 Å². The number of methoxy groups -OCH3 is 1. The maximum atomic E-state index is 14.1. The second kappa shape index (κ2) is 11.7. The minimum Gasteiger partial charge on any atom is -0.383 e. The van der Waals surface area contributed by atoms with Crippen molar-refractivity contribution < 1.29 is 18.7 Å². The topological polar surface area (TPSA) is 90.3 Å². The first-order valence-corrected chi connectivity index (χ1v) is 13.0. The van der Waals surface area contributed by atoms with Crippen LogP contribution in [0.25, 0.3) is 16.6 Å². The summed E-state index contributed by atoms with van der Waals surface area (Å²) in [4.78, 5) is 44.2. The van der Waals surface area contributed by atoms with Crippen molar-refractivity contribution >= 4 is 34.4 Å². The zero-order chi connectivity index (χ0) is 27.4. The van der Waals surface area contributed by atoms with E-state index in [1.54, 1.807) is 32.2 Å². The smallest absolute Gasteiger partial charge is 0.266 e. The highest BCUT2D eigenvalue weighted by Gasteiger charge is 2.22. The number of hydrogen-bond donors (Lipinski definition) is 1. The van der Waals surface area contributed by atoms with Crippen LogP contribution in [0.15, 0.2) is 70.6 Å². The number of ether oxygens (including phenoxy) is 1. The summed E-state index contributed by atoms with van der Waals surface area (Å²) in [5, 5.41) is 2.63. The van der Waals surface area contributed by atoms with Gasteiger partial charge in [0.25, 0.3) is 11.5 Å². The van der Waals surface area contributed by atoms with Gasteiger partial charge in [0.2, 0.25) is 0 Å². The molecule has 9 heteroatoms. The molecule has 0 saturated heterocycles. The molecule has 38 heavy (non-hydrogen) atoms. The largest absolute Gasteiger partial charge is 0.383 e. The third kappa shape index (κ3) is 5.84. The van der Waals surface area contributed by atoms with Crippen molar-refractivity contribution in [3.8, 4) is 5.69 Å². The SMILES string of the molecule is COCCNC(=O)c1ccc2c(=O)n(-c3cccc(F)c3)c(SC(C)C(=O)c3ccc(C)c(C)c3)nc2c1. The summed E-state index contributed by atoms with van der Waals surface area (Å²) < 4.78 is 20.4. The van der Waals surface area contributed by atoms with E-state index in [0.717, 1.165) is 22.9 Å². The lowest BCUT2D eigenvalue weighted by Crippen LogP contribution is -2.27. The van der Waals surface area contributed by atoms with Gasteiger partial charge >= 0.3 is 0 Å². The number of amides is 1. The molecular weight excluding hydrogens is 505 g/mol. The first-order valence-electron chi connectivity index (χ1n) is 12.1. The molecule has 0 aliphatic carbocycles. The lowest BCUT2D eigenvalue weighted by atomic mass is 10.0. The highest BCUT2D eigenvalue weighted by molar-refractivity contribution is 8.00. The van der Waals surface area contributed by atoms with Crippen molar-refractivity contribution in [1.29, 1.82) is 0 Å². The fourth-order valence-electron chi connectivity index (χ4n) is 3.94. The molecule has 1 aromatic heterocycles. The first-order chi connectivity index (χ1) is 18.2. The van der Waals surface area contributed by atoms with Gasteiger partial charge in [-0.25, -0.2) is 9.37 Å². The number of hydrogen-bond acceptors (Lipinski definition) is 6. The number of carbonyl (C=O) groups is 2. The van der Waals surface area contributed by atoms with E-state index in [1.165, 1.54) is 34.9 Å². The van der Waals surface area contributed by atoms with Crippen LogP contribution in [0.2, 0.25) is 0 Å². The molecule has 4 aromatic rings. The average molecular weight is 534 g/mol. The molecule has 196 valence electrons. The molecule has 0 spiro atoms. The van der Waals surface area contributed by atoms with Gasteiger partial charge in [-0.2, -0.15) is 0 Å². The quantitative estimate of drug-likeness (QED) is 0.143. The van der Waals surface area contributed by atoms with Gasteiger partial charge in [-0.3, -0.25) is 19.0 Å². The van der Waals surface area contributed by atoms with Crippen molar-refractivity contribution in [2.75, 3.05) is 20.3 Å². The van der Waals surface area contributed by atoms with E-state index in [1.807, 2.05) is 26.0 Å². The molecule has 1 unspecified atom stereocenters. The van der Waals surface area contributed by atoms with E-state index < -0.39 is 16.6 Å². The summed E-state index contributed by atoms with van der Waals surface area (Å²) in [6, 6.07) is 15.8. The summed E-state index contributed by atoms with van der Waals surface area (Å²) in [7, 11) is 1.54. The molecule has 1 amide bonds. The second-order valence-electron chi connectivity index (χ2n) is 8.92. The predicted molar refractivity (Wildman–Crippen MR) is 147 cm³/mol. The third-order valence-electron chi connectivity index (χ3n) is 6.20. The first kappa shape index (κ1) is 27.2. The van der Waals surface area contributed by atoms with Gasteiger partial charge in [-0.1, -0.05) is 30.0 Å². The van der Waals surface area contributed by atoms with Crippen molar-refractivity contribution in [3.05, 3.63) is 99.1 Å². The predicted octanol–water partition coefficient (Wildman–Crippen LogP) is 4.88. The van der Waals surface area contributed by atoms with E-state index in [4.69, 9.17) is 4.74 Å². The fraction of sp³-hybridized carbons (Fsp3) is 0.241. The number of ketones is 1. The molecule has 3 aromatic carbocycles. The molecule has 1 heterocycles. The minimum atomic E-state index is -0.596. The molecule has 0 bridgehead atoms. The van der Waals surface area contributed by atoms with E-state index in [-0.39, 0.29) is 22.2 Å². The Labute approximate surface area is 224 Å². The Balaban J connectivity index is 1.79. The Bertz CT molecular complexity index is 1580. The van der Waals surface area contributed by atoms with Gasteiger partial charge in [0.15, 0.2) is 10.9 Å². The van der Waals surface area contributed by atoms with Crippen LogP contribution >= 0.6 is 11.8 Å². The summed E-state index contributed by atoms with van der Waals surface area (Å²) >= 11 is 1.11. The molecule has 1 atom stereocenters. The highest BCUT2D eigenvalue weighted by atomic mass is 32.2. The van der Waals surface area contributed by atoms with Crippen LogP contribution in [0, 0.1) is 19.7 Å². The van der Waals surface area contributed by atoms with Crippen LogP contribution in [0.3, 0.4) is 0 Å². The van der Waals surface area contributed by atoms with Crippen LogP contribution in [-0.4, -0.2) is 46.8 Å². The summed E-state index contributed by atoms with van der Waals surface area (Å²) in [5.74, 6) is -0.954. The molecule has 0 aliphatic rings. The molecule has 0 aliphatic heterocycles.